The summed E-state index contributed by atoms with van der Waals surface area (Å²) in [6.07, 6.45) is 1.80. The van der Waals surface area contributed by atoms with Crippen molar-refractivity contribution < 1.29 is 0 Å². The Morgan fingerprint density at radius 1 is 1.05 bits per heavy atom. The highest BCUT2D eigenvalue weighted by molar-refractivity contribution is 5.90. The average molecular weight is 259 g/mol. The Hall–Kier alpha value is -2.86. The van der Waals surface area contributed by atoms with E-state index in [0.717, 1.165) is 22.2 Å². The summed E-state index contributed by atoms with van der Waals surface area (Å²) < 4.78 is 0. The van der Waals surface area contributed by atoms with Crippen LogP contribution in [0.5, 0.6) is 0 Å². The number of nitriles is 1. The Bertz CT molecular complexity index is 782. The molecule has 1 N–H and O–H groups in total. The van der Waals surface area contributed by atoms with Gasteiger partial charge in [-0.25, -0.2) is 0 Å². The van der Waals surface area contributed by atoms with Crippen LogP contribution in [0.2, 0.25) is 0 Å². The van der Waals surface area contributed by atoms with Crippen molar-refractivity contribution in [2.75, 3.05) is 5.32 Å². The van der Waals surface area contributed by atoms with Gasteiger partial charge in [-0.3, -0.25) is 4.98 Å². The average Bonchev–Trinajstić information content (AvgIpc) is 2.53. The fourth-order valence-electron chi connectivity index (χ4n) is 2.19. The van der Waals surface area contributed by atoms with Gasteiger partial charge in [0.05, 0.1) is 22.8 Å². The molecule has 3 heteroatoms. The zero-order chi connectivity index (χ0) is 13.8. The van der Waals surface area contributed by atoms with Crippen molar-refractivity contribution in [3.05, 3.63) is 71.9 Å². The standard InChI is InChI=1S/C17H13N3/c18-11-13-4-1-5-14(10-13)12-20-16-8-2-6-15-7-3-9-19-17(15)16/h1-10,20H,12H2. The number of anilines is 1. The van der Waals surface area contributed by atoms with Crippen molar-refractivity contribution in [1.29, 1.82) is 5.26 Å². The maximum Gasteiger partial charge on any atom is 0.0991 e. The fraction of sp³-hybridized carbons (Fsp3) is 0.0588. The van der Waals surface area contributed by atoms with E-state index in [9.17, 15) is 0 Å². The van der Waals surface area contributed by atoms with Crippen LogP contribution in [0.4, 0.5) is 5.69 Å². The normalized spacial score (nSPS) is 10.2. The minimum absolute atomic E-state index is 0.672. The lowest BCUT2D eigenvalue weighted by Crippen LogP contribution is -2.00. The van der Waals surface area contributed by atoms with E-state index < -0.39 is 0 Å². The molecular formula is C17H13N3. The highest BCUT2D eigenvalue weighted by atomic mass is 14.9. The Kier molecular flexibility index (Phi) is 3.30. The van der Waals surface area contributed by atoms with E-state index in [1.807, 2.05) is 54.6 Å². The molecule has 0 saturated heterocycles. The molecule has 2 aromatic carbocycles. The Balaban J connectivity index is 1.85. The number of fused-ring (bicyclic) bond motifs is 1. The number of nitrogens with zero attached hydrogens (tertiary/aromatic N) is 2. The second-order valence-corrected chi connectivity index (χ2v) is 4.55. The Morgan fingerprint density at radius 3 is 2.80 bits per heavy atom. The molecule has 3 rings (SSSR count). The van der Waals surface area contributed by atoms with Gasteiger partial charge in [-0.05, 0) is 29.8 Å². The van der Waals surface area contributed by atoms with Crippen molar-refractivity contribution in [2.45, 2.75) is 6.54 Å². The summed E-state index contributed by atoms with van der Waals surface area (Å²) >= 11 is 0. The number of pyridine rings is 1. The van der Waals surface area contributed by atoms with Crippen LogP contribution >= 0.6 is 0 Å². The van der Waals surface area contributed by atoms with Gasteiger partial charge >= 0.3 is 0 Å². The zero-order valence-corrected chi connectivity index (χ0v) is 10.9. The van der Waals surface area contributed by atoms with E-state index in [-0.39, 0.29) is 0 Å². The Morgan fingerprint density at radius 2 is 1.90 bits per heavy atom. The molecule has 0 bridgehead atoms. The summed E-state index contributed by atoms with van der Waals surface area (Å²) in [7, 11) is 0. The zero-order valence-electron chi connectivity index (χ0n) is 10.9. The van der Waals surface area contributed by atoms with Crippen molar-refractivity contribution in [2.24, 2.45) is 0 Å². The largest absolute Gasteiger partial charge is 0.379 e. The van der Waals surface area contributed by atoms with Gasteiger partial charge in [0.2, 0.25) is 0 Å². The quantitative estimate of drug-likeness (QED) is 0.779. The summed E-state index contributed by atoms with van der Waals surface area (Å²) in [5.74, 6) is 0. The molecule has 20 heavy (non-hydrogen) atoms. The summed E-state index contributed by atoms with van der Waals surface area (Å²) in [4.78, 5) is 4.41. The predicted molar refractivity (Wildman–Crippen MR) is 80.2 cm³/mol. The van der Waals surface area contributed by atoms with Crippen molar-refractivity contribution in [3.63, 3.8) is 0 Å². The van der Waals surface area contributed by atoms with Gasteiger partial charge in [-0.1, -0.05) is 30.3 Å². The van der Waals surface area contributed by atoms with Crippen molar-refractivity contribution in [1.82, 2.24) is 4.98 Å². The molecule has 0 aliphatic heterocycles. The number of aromatic nitrogens is 1. The van der Waals surface area contributed by atoms with Crippen LogP contribution in [-0.2, 0) is 6.54 Å². The topological polar surface area (TPSA) is 48.7 Å². The minimum atomic E-state index is 0.672. The third-order valence-corrected chi connectivity index (χ3v) is 3.17. The maximum absolute atomic E-state index is 8.91. The van der Waals surface area contributed by atoms with Gasteiger partial charge in [-0.15, -0.1) is 0 Å². The van der Waals surface area contributed by atoms with E-state index in [4.69, 9.17) is 5.26 Å². The predicted octanol–water partition coefficient (Wildman–Crippen LogP) is 3.72. The molecule has 1 aromatic heterocycles. The highest BCUT2D eigenvalue weighted by Gasteiger charge is 2.01. The van der Waals surface area contributed by atoms with Crippen LogP contribution in [0.3, 0.4) is 0 Å². The first kappa shape index (κ1) is 12.2. The van der Waals surface area contributed by atoms with Gasteiger partial charge in [0.1, 0.15) is 0 Å². The number of para-hydroxylation sites is 1. The number of rotatable bonds is 3. The van der Waals surface area contributed by atoms with E-state index in [2.05, 4.69) is 16.4 Å². The van der Waals surface area contributed by atoms with E-state index in [0.29, 0.717) is 12.1 Å². The third kappa shape index (κ3) is 2.45. The second kappa shape index (κ2) is 5.41. The lowest BCUT2D eigenvalue weighted by molar-refractivity contribution is 1.15. The van der Waals surface area contributed by atoms with E-state index >= 15 is 0 Å². The monoisotopic (exact) mass is 259 g/mol. The van der Waals surface area contributed by atoms with Gasteiger partial charge in [0.15, 0.2) is 0 Å². The molecule has 0 unspecified atom stereocenters. The molecule has 3 aromatic rings. The molecule has 0 spiro atoms. The van der Waals surface area contributed by atoms with Gasteiger partial charge < -0.3 is 5.32 Å². The molecule has 0 amide bonds. The van der Waals surface area contributed by atoms with Crippen LogP contribution in [-0.4, -0.2) is 4.98 Å². The fourth-order valence-corrected chi connectivity index (χ4v) is 2.19. The minimum Gasteiger partial charge on any atom is -0.379 e. The first-order valence-corrected chi connectivity index (χ1v) is 6.43. The van der Waals surface area contributed by atoms with Crippen LogP contribution in [0.25, 0.3) is 10.9 Å². The van der Waals surface area contributed by atoms with Gasteiger partial charge in [-0.2, -0.15) is 5.26 Å². The third-order valence-electron chi connectivity index (χ3n) is 3.17. The SMILES string of the molecule is N#Cc1cccc(CNc2cccc3cccnc23)c1. The summed E-state index contributed by atoms with van der Waals surface area (Å²) in [6.45, 7) is 0.672. The lowest BCUT2D eigenvalue weighted by Gasteiger charge is -2.09. The van der Waals surface area contributed by atoms with Crippen LogP contribution in [0, 0.1) is 11.3 Å². The molecular weight excluding hydrogens is 246 g/mol. The smallest absolute Gasteiger partial charge is 0.0991 e. The molecule has 0 aliphatic carbocycles. The van der Waals surface area contributed by atoms with E-state index in [1.165, 1.54) is 0 Å². The highest BCUT2D eigenvalue weighted by Crippen LogP contribution is 2.21. The molecule has 0 saturated carbocycles. The second-order valence-electron chi connectivity index (χ2n) is 4.55. The van der Waals surface area contributed by atoms with Crippen molar-refractivity contribution >= 4 is 16.6 Å². The molecule has 0 aliphatic rings. The first-order chi connectivity index (χ1) is 9.86. The number of benzene rings is 2. The van der Waals surface area contributed by atoms with Crippen molar-refractivity contribution in [3.8, 4) is 6.07 Å². The molecule has 0 atom stereocenters. The molecule has 3 nitrogen and oxygen atoms in total. The van der Waals surface area contributed by atoms with Crippen LogP contribution in [0.1, 0.15) is 11.1 Å². The number of hydrogen-bond acceptors (Lipinski definition) is 3. The molecule has 0 radical (unpaired) electrons. The summed E-state index contributed by atoms with van der Waals surface area (Å²) in [5, 5.41) is 13.4. The lowest BCUT2D eigenvalue weighted by atomic mass is 10.1. The summed E-state index contributed by atoms with van der Waals surface area (Å²) in [6, 6.07) is 19.8. The molecule has 1 heterocycles. The maximum atomic E-state index is 8.91. The van der Waals surface area contributed by atoms with Gasteiger partial charge in [0.25, 0.3) is 0 Å². The van der Waals surface area contributed by atoms with Gasteiger partial charge in [0, 0.05) is 18.1 Å². The first-order valence-electron chi connectivity index (χ1n) is 6.43. The molecule has 96 valence electrons. The summed E-state index contributed by atoms with van der Waals surface area (Å²) in [5.41, 5.74) is 3.73. The molecule has 0 fully saturated rings. The number of nitrogens with one attached hydrogen (secondary N) is 1. The van der Waals surface area contributed by atoms with E-state index in [1.54, 1.807) is 6.20 Å². The number of hydrogen-bond donors (Lipinski definition) is 1. The Labute approximate surface area is 117 Å². The van der Waals surface area contributed by atoms with Crippen LogP contribution < -0.4 is 5.32 Å². The van der Waals surface area contributed by atoms with Crippen LogP contribution in [0.15, 0.2) is 60.8 Å².